The summed E-state index contributed by atoms with van der Waals surface area (Å²) in [5.74, 6) is -1.50. The number of nitriles is 1. The molecule has 0 spiro atoms. The van der Waals surface area contributed by atoms with Gasteiger partial charge in [-0.2, -0.15) is 5.26 Å². The van der Waals surface area contributed by atoms with Gasteiger partial charge in [0, 0.05) is 11.1 Å². The number of carbonyl (C=O) groups excluding carboxylic acids is 2. The van der Waals surface area contributed by atoms with Gasteiger partial charge in [0.25, 0.3) is 5.91 Å². The molecule has 1 atom stereocenters. The lowest BCUT2D eigenvalue weighted by Crippen LogP contribution is -2.31. The number of carbonyl (C=O) groups is 2. The van der Waals surface area contributed by atoms with Gasteiger partial charge in [0.05, 0.1) is 30.4 Å². The molecule has 190 valence electrons. The second-order valence-corrected chi connectivity index (χ2v) is 10.2. The molecule has 1 aliphatic heterocycles. The summed E-state index contributed by atoms with van der Waals surface area (Å²) in [5.41, 5.74) is 2.83. The van der Waals surface area contributed by atoms with Gasteiger partial charge < -0.3 is 14.3 Å². The summed E-state index contributed by atoms with van der Waals surface area (Å²) in [5, 5.41) is 20.9. The van der Waals surface area contributed by atoms with Crippen LogP contribution in [0.15, 0.2) is 88.5 Å². The molecule has 5 rings (SSSR count). The molecular formula is C31H26N2O5. The molecule has 1 aliphatic rings. The summed E-state index contributed by atoms with van der Waals surface area (Å²) < 4.78 is 11.2. The van der Waals surface area contributed by atoms with Crippen molar-refractivity contribution in [3.63, 3.8) is 0 Å². The fourth-order valence-electron chi connectivity index (χ4n) is 4.72. The lowest BCUT2D eigenvalue weighted by Gasteiger charge is -2.27. The van der Waals surface area contributed by atoms with Crippen LogP contribution >= 0.6 is 0 Å². The topological polar surface area (TPSA) is 104 Å². The van der Waals surface area contributed by atoms with Gasteiger partial charge in [-0.3, -0.25) is 14.5 Å². The Labute approximate surface area is 220 Å². The molecule has 1 aromatic heterocycles. The zero-order chi connectivity index (χ0) is 27.2. The molecule has 0 bridgehead atoms. The van der Waals surface area contributed by atoms with Gasteiger partial charge in [0.15, 0.2) is 22.9 Å². The van der Waals surface area contributed by atoms with Crippen molar-refractivity contribution in [2.75, 3.05) is 12.0 Å². The first-order valence-electron chi connectivity index (χ1n) is 12.1. The minimum Gasteiger partial charge on any atom is -0.503 e. The molecule has 1 amide bonds. The van der Waals surface area contributed by atoms with Gasteiger partial charge in [-0.05, 0) is 52.9 Å². The van der Waals surface area contributed by atoms with E-state index >= 15 is 0 Å². The van der Waals surface area contributed by atoms with Crippen LogP contribution in [0, 0.1) is 11.3 Å². The van der Waals surface area contributed by atoms with Crippen molar-refractivity contribution in [2.45, 2.75) is 32.2 Å². The largest absolute Gasteiger partial charge is 0.503 e. The summed E-state index contributed by atoms with van der Waals surface area (Å²) in [6.45, 7) is 6.29. The average Bonchev–Trinajstić information content (AvgIpc) is 3.47. The van der Waals surface area contributed by atoms with Crippen LogP contribution in [-0.2, 0) is 10.2 Å². The lowest BCUT2D eigenvalue weighted by atomic mass is 9.85. The Hall–Kier alpha value is -4.83. The highest BCUT2D eigenvalue weighted by atomic mass is 16.5. The Morgan fingerprint density at radius 2 is 1.74 bits per heavy atom. The fraction of sp³-hybridized carbons (Fsp3) is 0.194. The number of Topliss-reactive ketones (excluding diaryl/α,β-unsaturated/α-hetero) is 1. The van der Waals surface area contributed by atoms with Gasteiger partial charge in [0.1, 0.15) is 0 Å². The highest BCUT2D eigenvalue weighted by molar-refractivity contribution is 6.20. The number of aliphatic hydroxyl groups is 1. The Morgan fingerprint density at radius 3 is 2.34 bits per heavy atom. The number of ether oxygens (including phenoxy) is 1. The number of ketones is 1. The normalized spacial score (nSPS) is 15.7. The molecule has 38 heavy (non-hydrogen) atoms. The molecular weight excluding hydrogens is 480 g/mol. The van der Waals surface area contributed by atoms with Crippen LogP contribution in [-0.4, -0.2) is 23.9 Å². The van der Waals surface area contributed by atoms with Crippen molar-refractivity contribution in [3.05, 3.63) is 107 Å². The van der Waals surface area contributed by atoms with Crippen molar-refractivity contribution in [1.82, 2.24) is 0 Å². The van der Waals surface area contributed by atoms with E-state index < -0.39 is 23.5 Å². The number of rotatable bonds is 5. The van der Waals surface area contributed by atoms with Crippen LogP contribution in [0.25, 0.3) is 11.0 Å². The smallest absolute Gasteiger partial charge is 0.294 e. The molecule has 0 fully saturated rings. The lowest BCUT2D eigenvalue weighted by molar-refractivity contribution is -0.117. The number of aliphatic hydroxyl groups excluding tert-OH is 1. The molecule has 4 aromatic rings. The van der Waals surface area contributed by atoms with Gasteiger partial charge >= 0.3 is 0 Å². The number of nitrogens with zero attached hydrogens (tertiary/aromatic N) is 2. The van der Waals surface area contributed by atoms with Crippen LogP contribution in [0.5, 0.6) is 5.75 Å². The van der Waals surface area contributed by atoms with Gasteiger partial charge in [0.2, 0.25) is 5.78 Å². The van der Waals surface area contributed by atoms with E-state index in [9.17, 15) is 20.0 Å². The number of hydrogen-bond donors (Lipinski definition) is 1. The van der Waals surface area contributed by atoms with Crippen LogP contribution < -0.4 is 9.64 Å². The van der Waals surface area contributed by atoms with Crippen LogP contribution in [0.3, 0.4) is 0 Å². The molecule has 3 aromatic carbocycles. The zero-order valence-electron chi connectivity index (χ0n) is 21.5. The first-order valence-corrected chi connectivity index (χ1v) is 12.1. The first-order chi connectivity index (χ1) is 18.1. The highest BCUT2D eigenvalue weighted by Gasteiger charge is 2.45. The molecule has 2 heterocycles. The third-order valence-corrected chi connectivity index (χ3v) is 6.77. The van der Waals surface area contributed by atoms with Crippen molar-refractivity contribution >= 4 is 28.3 Å². The predicted molar refractivity (Wildman–Crippen MR) is 143 cm³/mol. The molecule has 0 radical (unpaired) electrons. The minimum absolute atomic E-state index is 0.0168. The summed E-state index contributed by atoms with van der Waals surface area (Å²) in [6.07, 6.45) is 0. The molecule has 0 saturated carbocycles. The monoisotopic (exact) mass is 506 g/mol. The minimum atomic E-state index is -0.910. The average molecular weight is 507 g/mol. The Kier molecular flexibility index (Phi) is 6.04. The Balaban J connectivity index is 1.65. The van der Waals surface area contributed by atoms with Crippen molar-refractivity contribution < 1.29 is 23.8 Å². The van der Waals surface area contributed by atoms with E-state index in [1.807, 2.05) is 24.3 Å². The maximum absolute atomic E-state index is 13.9. The third kappa shape index (κ3) is 4.10. The summed E-state index contributed by atoms with van der Waals surface area (Å²) >= 11 is 0. The molecule has 0 saturated heterocycles. The number of para-hydroxylation sites is 1. The highest BCUT2D eigenvalue weighted by Crippen LogP contribution is 2.43. The van der Waals surface area contributed by atoms with E-state index in [0.29, 0.717) is 33.5 Å². The van der Waals surface area contributed by atoms with Crippen LogP contribution in [0.2, 0.25) is 0 Å². The summed E-state index contributed by atoms with van der Waals surface area (Å²) in [7, 11) is 1.51. The van der Waals surface area contributed by atoms with Crippen LogP contribution in [0.1, 0.15) is 54.1 Å². The molecule has 7 nitrogen and oxygen atoms in total. The number of anilines is 1. The molecule has 0 aliphatic carbocycles. The quantitative estimate of drug-likeness (QED) is 0.314. The molecule has 1 N–H and O–H groups in total. The van der Waals surface area contributed by atoms with Crippen molar-refractivity contribution in [1.29, 1.82) is 5.26 Å². The standard InChI is InChI=1S/C31H26N2O5/c1-31(2,3)21-12-10-19(11-13-21)26-25(27(34)24-16-20-6-5-7-23(37-4)29(20)38-24)28(35)30(36)33(26)22-14-8-18(17-32)9-15-22/h5-16,26,35H,1-4H3. The number of hydrogen-bond acceptors (Lipinski definition) is 6. The third-order valence-electron chi connectivity index (χ3n) is 6.77. The fourth-order valence-corrected chi connectivity index (χ4v) is 4.72. The van der Waals surface area contributed by atoms with Gasteiger partial charge in [-0.1, -0.05) is 57.2 Å². The van der Waals surface area contributed by atoms with Gasteiger partial charge in [-0.25, -0.2) is 0 Å². The number of fused-ring (bicyclic) bond motifs is 1. The number of methoxy groups -OCH3 is 1. The van der Waals surface area contributed by atoms with E-state index in [1.165, 1.54) is 12.0 Å². The van der Waals surface area contributed by atoms with Crippen molar-refractivity contribution in [2.24, 2.45) is 0 Å². The SMILES string of the molecule is COc1cccc2cc(C(=O)C3=C(O)C(=O)N(c4ccc(C#N)cc4)C3c3ccc(C(C)(C)C)cc3)oc12. The second kappa shape index (κ2) is 9.24. The number of benzene rings is 3. The Morgan fingerprint density at radius 1 is 1.05 bits per heavy atom. The predicted octanol–water partition coefficient (Wildman–Crippen LogP) is 6.39. The molecule has 1 unspecified atom stereocenters. The van der Waals surface area contributed by atoms with Gasteiger partial charge in [-0.15, -0.1) is 0 Å². The second-order valence-electron chi connectivity index (χ2n) is 10.2. The van der Waals surface area contributed by atoms with E-state index in [4.69, 9.17) is 9.15 Å². The first kappa shape index (κ1) is 24.8. The van der Waals surface area contributed by atoms with E-state index in [0.717, 1.165) is 5.56 Å². The molecule has 7 heteroatoms. The zero-order valence-corrected chi connectivity index (χ0v) is 21.5. The maximum atomic E-state index is 13.9. The number of furan rings is 1. The Bertz CT molecular complexity index is 1630. The summed E-state index contributed by atoms with van der Waals surface area (Å²) in [6, 6.07) is 22.1. The van der Waals surface area contributed by atoms with E-state index in [2.05, 4.69) is 26.8 Å². The maximum Gasteiger partial charge on any atom is 0.294 e. The summed E-state index contributed by atoms with van der Waals surface area (Å²) in [4.78, 5) is 28.7. The number of amides is 1. The van der Waals surface area contributed by atoms with E-state index in [1.54, 1.807) is 48.5 Å². The van der Waals surface area contributed by atoms with Crippen molar-refractivity contribution in [3.8, 4) is 11.8 Å². The van der Waals surface area contributed by atoms with E-state index in [-0.39, 0.29) is 16.7 Å². The van der Waals surface area contributed by atoms with Crippen LogP contribution in [0.4, 0.5) is 5.69 Å².